The minimum absolute atomic E-state index is 0.107. The van der Waals surface area contributed by atoms with Crippen LogP contribution in [0.15, 0.2) is 0 Å². The highest BCUT2D eigenvalue weighted by Crippen LogP contribution is 2.52. The summed E-state index contributed by atoms with van der Waals surface area (Å²) >= 11 is 0. The maximum Gasteiger partial charge on any atom is 0.174 e. The van der Waals surface area contributed by atoms with E-state index in [0.29, 0.717) is 0 Å². The van der Waals surface area contributed by atoms with Crippen molar-refractivity contribution in [1.82, 2.24) is 5.06 Å². The van der Waals surface area contributed by atoms with Gasteiger partial charge in [0.15, 0.2) is 5.79 Å². The number of hydrogen-bond donors (Lipinski definition) is 0. The van der Waals surface area contributed by atoms with Gasteiger partial charge in [0.05, 0.1) is 25.9 Å². The Morgan fingerprint density at radius 1 is 0.920 bits per heavy atom. The molecule has 0 radical (unpaired) electrons. The molecule has 1 fully saturated rings. The lowest BCUT2D eigenvalue weighted by Gasteiger charge is -2.62. The molecule has 0 aliphatic carbocycles. The summed E-state index contributed by atoms with van der Waals surface area (Å²) in [5.74, 6) is -0.312. The minimum atomic E-state index is -0.533. The van der Waals surface area contributed by atoms with E-state index in [0.717, 1.165) is 58.2 Å². The fourth-order valence-electron chi connectivity index (χ4n) is 4.34. The van der Waals surface area contributed by atoms with Gasteiger partial charge in [0.2, 0.25) is 0 Å². The average Bonchev–Trinajstić information content (AvgIpc) is 2.60. The van der Waals surface area contributed by atoms with Crippen molar-refractivity contribution in [3.63, 3.8) is 0 Å². The Morgan fingerprint density at radius 2 is 1.44 bits per heavy atom. The molecule has 4 nitrogen and oxygen atoms in total. The number of rotatable bonds is 11. The molecule has 25 heavy (non-hydrogen) atoms. The van der Waals surface area contributed by atoms with Gasteiger partial charge in [0.25, 0.3) is 0 Å². The fourth-order valence-corrected chi connectivity index (χ4v) is 4.34. The summed E-state index contributed by atoms with van der Waals surface area (Å²) in [5.41, 5.74) is -0.235. The van der Waals surface area contributed by atoms with Crippen LogP contribution in [0.3, 0.4) is 0 Å². The van der Waals surface area contributed by atoms with E-state index in [1.165, 1.54) is 0 Å². The van der Waals surface area contributed by atoms with Gasteiger partial charge in [-0.15, -0.1) is 0 Å². The van der Waals surface area contributed by atoms with Gasteiger partial charge in [-0.1, -0.05) is 47.5 Å². The van der Waals surface area contributed by atoms with Gasteiger partial charge in [-0.25, -0.2) is 0 Å². The molecule has 3 atom stereocenters. The lowest BCUT2D eigenvalue weighted by Crippen LogP contribution is -2.72. The molecule has 0 aromatic carbocycles. The summed E-state index contributed by atoms with van der Waals surface area (Å²) in [6, 6.07) is 0. The lowest BCUT2D eigenvalue weighted by atomic mass is 9.67. The monoisotopic (exact) mass is 357 g/mol. The Balaban J connectivity index is 3.26. The third-order valence-corrected chi connectivity index (χ3v) is 6.52. The Kier molecular flexibility index (Phi) is 8.86. The second kappa shape index (κ2) is 9.68. The zero-order valence-corrected chi connectivity index (χ0v) is 18.1. The van der Waals surface area contributed by atoms with Gasteiger partial charge in [-0.2, -0.15) is 5.06 Å². The molecule has 1 heterocycles. The maximum absolute atomic E-state index is 6.55. The molecule has 0 aromatic heterocycles. The van der Waals surface area contributed by atoms with E-state index in [1.807, 2.05) is 0 Å². The van der Waals surface area contributed by atoms with Gasteiger partial charge in [-0.3, -0.25) is 0 Å². The Hall–Kier alpha value is -0.160. The predicted molar refractivity (Wildman–Crippen MR) is 104 cm³/mol. The van der Waals surface area contributed by atoms with Crippen LogP contribution in [0.1, 0.15) is 93.4 Å². The van der Waals surface area contributed by atoms with Crippen molar-refractivity contribution >= 4 is 0 Å². The van der Waals surface area contributed by atoms with E-state index < -0.39 is 5.79 Å². The number of unbranched alkanes of at least 4 members (excludes halogenated alkanes) is 2. The first-order valence-electron chi connectivity index (χ1n) is 10.4. The Labute approximate surface area is 156 Å². The van der Waals surface area contributed by atoms with Crippen LogP contribution in [0.25, 0.3) is 0 Å². The maximum atomic E-state index is 6.55. The second-order valence-corrected chi connectivity index (χ2v) is 8.15. The molecule has 1 saturated heterocycles. The topological polar surface area (TPSA) is 30.9 Å². The summed E-state index contributed by atoms with van der Waals surface area (Å²) in [5, 5.41) is 2.23. The highest BCUT2D eigenvalue weighted by molar-refractivity contribution is 5.08. The number of nitrogens with zero attached hydrogens (tertiary/aromatic N) is 1. The van der Waals surface area contributed by atoms with Crippen molar-refractivity contribution in [3.8, 4) is 0 Å². The van der Waals surface area contributed by atoms with Crippen molar-refractivity contribution in [2.75, 3.05) is 20.3 Å². The number of piperidine rings is 1. The molecule has 4 heteroatoms. The third kappa shape index (κ3) is 4.58. The molecule has 0 spiro atoms. The van der Waals surface area contributed by atoms with E-state index in [9.17, 15) is 0 Å². The summed E-state index contributed by atoms with van der Waals surface area (Å²) in [4.78, 5) is 5.94. The number of hydrogen-bond acceptors (Lipinski definition) is 4. The van der Waals surface area contributed by atoms with Crippen molar-refractivity contribution < 1.29 is 14.3 Å². The van der Waals surface area contributed by atoms with Crippen molar-refractivity contribution in [2.24, 2.45) is 5.92 Å². The number of ether oxygens (including phenoxy) is 2. The molecular formula is C21H43NO3. The first-order valence-corrected chi connectivity index (χ1v) is 10.4. The zero-order valence-electron chi connectivity index (χ0n) is 18.1. The molecule has 0 aromatic rings. The van der Waals surface area contributed by atoms with Gasteiger partial charge < -0.3 is 14.3 Å². The zero-order chi connectivity index (χ0) is 19.1. The average molecular weight is 358 g/mol. The Morgan fingerprint density at radius 3 is 1.80 bits per heavy atom. The van der Waals surface area contributed by atoms with Gasteiger partial charge >= 0.3 is 0 Å². The third-order valence-electron chi connectivity index (χ3n) is 6.52. The molecule has 1 aliphatic rings. The van der Waals surface area contributed by atoms with Crippen LogP contribution in [0, 0.1) is 5.92 Å². The first kappa shape index (κ1) is 22.9. The van der Waals surface area contributed by atoms with Crippen LogP contribution in [0.2, 0.25) is 0 Å². The summed E-state index contributed by atoms with van der Waals surface area (Å²) in [6.45, 7) is 17.3. The van der Waals surface area contributed by atoms with Gasteiger partial charge in [0.1, 0.15) is 0 Å². The smallest absolute Gasteiger partial charge is 0.174 e. The quantitative estimate of drug-likeness (QED) is 0.358. The van der Waals surface area contributed by atoms with E-state index in [2.05, 4.69) is 53.5 Å². The predicted octanol–water partition coefficient (Wildman–Crippen LogP) is 5.56. The first-order chi connectivity index (χ1) is 11.8. The molecule has 0 amide bonds. The van der Waals surface area contributed by atoms with Crippen LogP contribution < -0.4 is 0 Å². The molecule has 3 unspecified atom stereocenters. The largest absolute Gasteiger partial charge is 0.349 e. The SMILES string of the molecule is CCCCOC1(OCCCC)CC(C)(CC)N(OC)C(C)(CC)C1C. The van der Waals surface area contributed by atoms with Crippen LogP contribution >= 0.6 is 0 Å². The van der Waals surface area contributed by atoms with Crippen molar-refractivity contribution in [3.05, 3.63) is 0 Å². The molecular weight excluding hydrogens is 314 g/mol. The minimum Gasteiger partial charge on any atom is -0.349 e. The molecule has 150 valence electrons. The van der Waals surface area contributed by atoms with Crippen LogP contribution in [0.5, 0.6) is 0 Å². The van der Waals surface area contributed by atoms with Crippen LogP contribution in [-0.2, 0) is 14.3 Å². The Bertz CT molecular complexity index is 379. The highest BCUT2D eigenvalue weighted by Gasteiger charge is 2.61. The van der Waals surface area contributed by atoms with Crippen LogP contribution in [-0.4, -0.2) is 42.3 Å². The summed E-state index contributed by atoms with van der Waals surface area (Å²) < 4.78 is 13.1. The van der Waals surface area contributed by atoms with Crippen molar-refractivity contribution in [2.45, 2.75) is 110 Å². The fraction of sp³-hybridized carbons (Fsp3) is 1.00. The summed E-state index contributed by atoms with van der Waals surface area (Å²) in [6.07, 6.45) is 7.26. The van der Waals surface area contributed by atoms with E-state index in [-0.39, 0.29) is 17.0 Å². The summed E-state index contributed by atoms with van der Waals surface area (Å²) in [7, 11) is 1.80. The molecule has 1 rings (SSSR count). The standard InChI is InChI=1S/C21H43NO3/c1-9-13-15-24-21(25-16-14-10-2)17-19(6,11-3)22(23-8)20(7,12-4)18(21)5/h18H,9-17H2,1-8H3. The molecule has 0 N–H and O–H groups in total. The molecule has 0 bridgehead atoms. The highest BCUT2D eigenvalue weighted by atomic mass is 16.7. The van der Waals surface area contributed by atoms with Gasteiger partial charge in [-0.05, 0) is 39.5 Å². The van der Waals surface area contributed by atoms with Crippen molar-refractivity contribution in [1.29, 1.82) is 0 Å². The van der Waals surface area contributed by atoms with Gasteiger partial charge in [0, 0.05) is 17.9 Å². The second-order valence-electron chi connectivity index (χ2n) is 8.15. The van der Waals surface area contributed by atoms with E-state index >= 15 is 0 Å². The molecule has 0 saturated carbocycles. The normalized spacial score (nSPS) is 32.9. The van der Waals surface area contributed by atoms with Crippen LogP contribution in [0.4, 0.5) is 0 Å². The van der Waals surface area contributed by atoms with E-state index in [1.54, 1.807) is 7.11 Å². The van der Waals surface area contributed by atoms with E-state index in [4.69, 9.17) is 14.3 Å². The number of hydroxylamine groups is 2. The molecule has 1 aliphatic heterocycles. The lowest BCUT2D eigenvalue weighted by molar-refractivity contribution is -0.381.